The average Bonchev–Trinajstić information content (AvgIpc) is 2.90. The van der Waals surface area contributed by atoms with Gasteiger partial charge in [0.1, 0.15) is 12.3 Å². The van der Waals surface area contributed by atoms with Crippen LogP contribution in [0.15, 0.2) is 24.4 Å². The van der Waals surface area contributed by atoms with Gasteiger partial charge in [-0.1, -0.05) is 41.4 Å². The molecule has 5 nitrogen and oxygen atoms in total. The molecular weight excluding hydrogens is 301 g/mol. The second kappa shape index (κ2) is 6.92. The zero-order chi connectivity index (χ0) is 14.5. The minimum Gasteiger partial charge on any atom is -0.489 e. The predicted molar refractivity (Wildman–Crippen MR) is 77.2 cm³/mol. The molecule has 0 aliphatic rings. The zero-order valence-electron chi connectivity index (χ0n) is 11.0. The summed E-state index contributed by atoms with van der Waals surface area (Å²) in [5.74, 6) is 0.463. The lowest BCUT2D eigenvalue weighted by molar-refractivity contribution is 0.168. The first kappa shape index (κ1) is 15.1. The molecule has 0 aliphatic heterocycles. The van der Waals surface area contributed by atoms with Crippen molar-refractivity contribution >= 4 is 23.2 Å². The maximum atomic E-state index is 9.64. The first-order valence-corrected chi connectivity index (χ1v) is 7.02. The fraction of sp³-hybridized carbons (Fsp3) is 0.385. The molecule has 108 valence electrons. The third-order valence-electron chi connectivity index (χ3n) is 2.77. The van der Waals surface area contributed by atoms with Gasteiger partial charge in [0.15, 0.2) is 5.75 Å². The Morgan fingerprint density at radius 1 is 1.35 bits per heavy atom. The van der Waals surface area contributed by atoms with Crippen LogP contribution in [0.1, 0.15) is 25.1 Å². The van der Waals surface area contributed by atoms with Crippen molar-refractivity contribution in [1.29, 1.82) is 0 Å². The minimum absolute atomic E-state index is 0.356. The van der Waals surface area contributed by atoms with Gasteiger partial charge in [-0.05, 0) is 18.6 Å². The highest BCUT2D eigenvalue weighted by molar-refractivity contribution is 6.37. The van der Waals surface area contributed by atoms with Gasteiger partial charge in [-0.25, -0.2) is 4.68 Å². The van der Waals surface area contributed by atoms with Crippen molar-refractivity contribution in [3.05, 3.63) is 40.1 Å². The third-order valence-corrected chi connectivity index (χ3v) is 3.37. The molecule has 0 bridgehead atoms. The van der Waals surface area contributed by atoms with Crippen LogP contribution in [-0.2, 0) is 6.54 Å². The van der Waals surface area contributed by atoms with Crippen LogP contribution in [0.3, 0.4) is 0 Å². The van der Waals surface area contributed by atoms with Gasteiger partial charge in [-0.3, -0.25) is 0 Å². The summed E-state index contributed by atoms with van der Waals surface area (Å²) in [6, 6.07) is 5.19. The van der Waals surface area contributed by atoms with E-state index >= 15 is 0 Å². The lowest BCUT2D eigenvalue weighted by Gasteiger charge is -2.09. The van der Waals surface area contributed by atoms with E-state index in [1.54, 1.807) is 29.1 Å². The molecule has 1 unspecified atom stereocenters. The molecule has 1 heterocycles. The van der Waals surface area contributed by atoms with Crippen LogP contribution in [0.5, 0.6) is 5.75 Å². The van der Waals surface area contributed by atoms with Crippen LogP contribution in [0, 0.1) is 0 Å². The summed E-state index contributed by atoms with van der Waals surface area (Å²) in [6.45, 7) is 2.73. The summed E-state index contributed by atoms with van der Waals surface area (Å²) in [5, 5.41) is 18.4. The standard InChI is InChI=1S/C13H15Cl2N3O2/c1-2-12(19)11-8-18(17-16-11)6-7-20-13-9(14)4-3-5-10(13)15/h3-5,8,12,19H,2,6-7H2,1H3. The number of hydrogen-bond acceptors (Lipinski definition) is 4. The zero-order valence-corrected chi connectivity index (χ0v) is 12.5. The average molecular weight is 316 g/mol. The molecule has 0 spiro atoms. The fourth-order valence-electron chi connectivity index (χ4n) is 1.65. The van der Waals surface area contributed by atoms with Crippen molar-refractivity contribution in [2.45, 2.75) is 26.0 Å². The van der Waals surface area contributed by atoms with E-state index in [1.807, 2.05) is 6.92 Å². The number of aliphatic hydroxyl groups excluding tert-OH is 1. The summed E-state index contributed by atoms with van der Waals surface area (Å²) in [5.41, 5.74) is 0.559. The van der Waals surface area contributed by atoms with Gasteiger partial charge in [0.05, 0.1) is 28.9 Å². The molecule has 1 aromatic carbocycles. The van der Waals surface area contributed by atoms with E-state index in [1.165, 1.54) is 0 Å². The van der Waals surface area contributed by atoms with E-state index in [0.717, 1.165) is 0 Å². The van der Waals surface area contributed by atoms with Crippen molar-refractivity contribution in [2.75, 3.05) is 6.61 Å². The molecule has 7 heteroatoms. The molecule has 0 saturated heterocycles. The molecule has 0 saturated carbocycles. The SMILES string of the molecule is CCC(O)c1cn(CCOc2c(Cl)cccc2Cl)nn1. The largest absolute Gasteiger partial charge is 0.489 e. The number of benzene rings is 1. The Morgan fingerprint density at radius 3 is 2.70 bits per heavy atom. The number of aliphatic hydroxyl groups is 1. The Hall–Kier alpha value is -1.30. The second-order valence-corrected chi connectivity index (χ2v) is 5.04. The van der Waals surface area contributed by atoms with E-state index in [9.17, 15) is 5.11 Å². The van der Waals surface area contributed by atoms with Crippen LogP contribution in [-0.4, -0.2) is 26.7 Å². The van der Waals surface area contributed by atoms with Crippen LogP contribution < -0.4 is 4.74 Å². The molecule has 0 fully saturated rings. The molecular formula is C13H15Cl2N3O2. The highest BCUT2D eigenvalue weighted by Crippen LogP contribution is 2.32. The second-order valence-electron chi connectivity index (χ2n) is 4.23. The molecule has 1 atom stereocenters. The van der Waals surface area contributed by atoms with Gasteiger partial charge in [-0.2, -0.15) is 0 Å². The molecule has 0 amide bonds. The van der Waals surface area contributed by atoms with E-state index in [0.29, 0.717) is 41.1 Å². The molecule has 1 N–H and O–H groups in total. The summed E-state index contributed by atoms with van der Waals surface area (Å²) in [4.78, 5) is 0. The van der Waals surface area contributed by atoms with Crippen molar-refractivity contribution in [3.63, 3.8) is 0 Å². The van der Waals surface area contributed by atoms with Gasteiger partial charge in [-0.15, -0.1) is 5.10 Å². The van der Waals surface area contributed by atoms with Crippen molar-refractivity contribution in [2.24, 2.45) is 0 Å². The van der Waals surface area contributed by atoms with Gasteiger partial charge in [0.25, 0.3) is 0 Å². The summed E-state index contributed by atoms with van der Waals surface area (Å²) in [6.07, 6.45) is 1.72. The Bertz CT molecular complexity index is 554. The van der Waals surface area contributed by atoms with Crippen LogP contribution in [0.25, 0.3) is 0 Å². The van der Waals surface area contributed by atoms with Gasteiger partial charge in [0, 0.05) is 0 Å². The normalized spacial score (nSPS) is 12.4. The predicted octanol–water partition coefficient (Wildman–Crippen LogP) is 3.11. The monoisotopic (exact) mass is 315 g/mol. The van der Waals surface area contributed by atoms with Gasteiger partial charge in [0.2, 0.25) is 0 Å². The lowest BCUT2D eigenvalue weighted by Crippen LogP contribution is -2.09. The Morgan fingerprint density at radius 2 is 2.05 bits per heavy atom. The van der Waals surface area contributed by atoms with E-state index < -0.39 is 6.10 Å². The Balaban J connectivity index is 1.91. The third kappa shape index (κ3) is 3.62. The quantitative estimate of drug-likeness (QED) is 0.889. The first-order valence-electron chi connectivity index (χ1n) is 6.26. The highest BCUT2D eigenvalue weighted by Gasteiger charge is 2.10. The maximum Gasteiger partial charge on any atom is 0.156 e. The molecule has 0 aliphatic carbocycles. The number of para-hydroxylation sites is 1. The lowest BCUT2D eigenvalue weighted by atomic mass is 10.2. The van der Waals surface area contributed by atoms with Gasteiger partial charge < -0.3 is 9.84 Å². The van der Waals surface area contributed by atoms with Crippen molar-refractivity contribution in [3.8, 4) is 5.75 Å². The van der Waals surface area contributed by atoms with Crippen LogP contribution >= 0.6 is 23.2 Å². The van der Waals surface area contributed by atoms with Gasteiger partial charge >= 0.3 is 0 Å². The van der Waals surface area contributed by atoms with E-state index in [2.05, 4.69) is 10.3 Å². The molecule has 2 aromatic rings. The smallest absolute Gasteiger partial charge is 0.156 e. The Labute approximate surface area is 127 Å². The number of ether oxygens (including phenoxy) is 1. The molecule has 20 heavy (non-hydrogen) atoms. The summed E-state index contributed by atoms with van der Waals surface area (Å²) in [7, 11) is 0. The first-order chi connectivity index (χ1) is 9.61. The van der Waals surface area contributed by atoms with E-state index in [4.69, 9.17) is 27.9 Å². The highest BCUT2D eigenvalue weighted by atomic mass is 35.5. The summed E-state index contributed by atoms with van der Waals surface area (Å²) < 4.78 is 7.16. The number of aromatic nitrogens is 3. The number of halogens is 2. The fourth-order valence-corrected chi connectivity index (χ4v) is 2.15. The molecule has 0 radical (unpaired) electrons. The van der Waals surface area contributed by atoms with E-state index in [-0.39, 0.29) is 0 Å². The van der Waals surface area contributed by atoms with Crippen molar-refractivity contribution < 1.29 is 9.84 Å². The number of hydrogen-bond donors (Lipinski definition) is 1. The number of rotatable bonds is 6. The van der Waals surface area contributed by atoms with Crippen LogP contribution in [0.2, 0.25) is 10.0 Å². The number of nitrogens with zero attached hydrogens (tertiary/aromatic N) is 3. The topological polar surface area (TPSA) is 60.2 Å². The Kier molecular flexibility index (Phi) is 5.23. The van der Waals surface area contributed by atoms with Crippen LogP contribution in [0.4, 0.5) is 0 Å². The summed E-state index contributed by atoms with van der Waals surface area (Å²) >= 11 is 12.0. The maximum absolute atomic E-state index is 9.64. The minimum atomic E-state index is -0.581. The van der Waals surface area contributed by atoms with Crippen molar-refractivity contribution in [1.82, 2.24) is 15.0 Å². The molecule has 1 aromatic heterocycles. The molecule has 2 rings (SSSR count).